The van der Waals surface area contributed by atoms with Crippen molar-refractivity contribution in [1.29, 1.82) is 0 Å². The Hall–Kier alpha value is -0.130. The average molecular weight is 222 g/mol. The van der Waals surface area contributed by atoms with Gasteiger partial charge in [-0.05, 0) is 13.5 Å². The average Bonchev–Trinajstić information content (AvgIpc) is 2.15. The number of sulfonamides is 1. The lowest BCUT2D eigenvalue weighted by Gasteiger charge is -2.16. The standard InChI is InChI=1S/C9H22N2O2S/c1-4-5-6-8-11(3)14(12,13)9-7-10-2/h10H,4-9H2,1-3H3. The molecule has 0 spiro atoms. The Morgan fingerprint density at radius 1 is 1.29 bits per heavy atom. The lowest BCUT2D eigenvalue weighted by atomic mass is 10.2. The van der Waals surface area contributed by atoms with Gasteiger partial charge in [0.2, 0.25) is 10.0 Å². The molecule has 0 aromatic heterocycles. The van der Waals surface area contributed by atoms with Crippen molar-refractivity contribution < 1.29 is 8.42 Å². The van der Waals surface area contributed by atoms with Crippen LogP contribution < -0.4 is 5.32 Å². The van der Waals surface area contributed by atoms with Crippen LogP contribution in [0.15, 0.2) is 0 Å². The SMILES string of the molecule is CCCCCN(C)S(=O)(=O)CCNC. The molecule has 0 aromatic carbocycles. The summed E-state index contributed by atoms with van der Waals surface area (Å²) in [4.78, 5) is 0. The predicted octanol–water partition coefficient (Wildman–Crippen LogP) is 0.658. The maximum Gasteiger partial charge on any atom is 0.215 e. The molecule has 0 saturated carbocycles. The Balaban J connectivity index is 3.89. The lowest BCUT2D eigenvalue weighted by molar-refractivity contribution is 0.453. The Morgan fingerprint density at radius 2 is 1.93 bits per heavy atom. The van der Waals surface area contributed by atoms with Crippen molar-refractivity contribution in [3.8, 4) is 0 Å². The van der Waals surface area contributed by atoms with Gasteiger partial charge in [0.05, 0.1) is 5.75 Å². The molecule has 0 radical (unpaired) electrons. The van der Waals surface area contributed by atoms with Crippen molar-refractivity contribution in [3.05, 3.63) is 0 Å². The van der Waals surface area contributed by atoms with Crippen molar-refractivity contribution in [2.45, 2.75) is 26.2 Å². The first-order valence-electron chi connectivity index (χ1n) is 5.13. The van der Waals surface area contributed by atoms with Crippen LogP contribution in [-0.4, -0.2) is 45.7 Å². The maximum atomic E-state index is 11.6. The number of hydrogen-bond acceptors (Lipinski definition) is 3. The number of rotatable bonds is 8. The smallest absolute Gasteiger partial charge is 0.215 e. The summed E-state index contributed by atoms with van der Waals surface area (Å²) in [6.07, 6.45) is 3.15. The first-order valence-corrected chi connectivity index (χ1v) is 6.74. The van der Waals surface area contributed by atoms with Gasteiger partial charge in [-0.15, -0.1) is 0 Å². The molecule has 0 fully saturated rings. The van der Waals surface area contributed by atoms with E-state index in [1.165, 1.54) is 4.31 Å². The lowest BCUT2D eigenvalue weighted by Crippen LogP contribution is -2.33. The van der Waals surface area contributed by atoms with E-state index in [2.05, 4.69) is 12.2 Å². The first kappa shape index (κ1) is 13.9. The molecule has 0 unspecified atom stereocenters. The van der Waals surface area contributed by atoms with Crippen LogP contribution in [0.3, 0.4) is 0 Å². The summed E-state index contributed by atoms with van der Waals surface area (Å²) in [5, 5.41) is 2.84. The summed E-state index contributed by atoms with van der Waals surface area (Å²) in [7, 11) is 0.378. The van der Waals surface area contributed by atoms with Crippen molar-refractivity contribution in [3.63, 3.8) is 0 Å². The maximum absolute atomic E-state index is 11.6. The van der Waals surface area contributed by atoms with Crippen LogP contribution in [0, 0.1) is 0 Å². The van der Waals surface area contributed by atoms with Crippen molar-refractivity contribution in [2.24, 2.45) is 0 Å². The van der Waals surface area contributed by atoms with Crippen LogP contribution in [0.4, 0.5) is 0 Å². The van der Waals surface area contributed by atoms with Crippen LogP contribution in [0.1, 0.15) is 26.2 Å². The van der Waals surface area contributed by atoms with Gasteiger partial charge in [0, 0.05) is 20.1 Å². The third-order valence-electron chi connectivity index (χ3n) is 2.16. The van der Waals surface area contributed by atoms with Crippen molar-refractivity contribution in [1.82, 2.24) is 9.62 Å². The second-order valence-electron chi connectivity index (χ2n) is 3.45. The molecule has 5 heteroatoms. The van der Waals surface area contributed by atoms with E-state index in [1.807, 2.05) is 0 Å². The summed E-state index contributed by atoms with van der Waals surface area (Å²) in [6, 6.07) is 0. The van der Waals surface area contributed by atoms with E-state index < -0.39 is 10.0 Å². The van der Waals surface area contributed by atoms with Gasteiger partial charge in [0.15, 0.2) is 0 Å². The molecule has 0 atom stereocenters. The molecule has 4 nitrogen and oxygen atoms in total. The molecule has 0 aliphatic heterocycles. The highest BCUT2D eigenvalue weighted by Crippen LogP contribution is 2.02. The van der Waals surface area contributed by atoms with Crippen molar-refractivity contribution in [2.75, 3.05) is 32.9 Å². The van der Waals surface area contributed by atoms with E-state index in [9.17, 15) is 8.42 Å². The summed E-state index contributed by atoms with van der Waals surface area (Å²) < 4.78 is 24.6. The van der Waals surface area contributed by atoms with Gasteiger partial charge in [-0.3, -0.25) is 0 Å². The second kappa shape index (κ2) is 7.20. The zero-order valence-corrected chi connectivity index (χ0v) is 10.2. The van der Waals surface area contributed by atoms with E-state index in [1.54, 1.807) is 14.1 Å². The van der Waals surface area contributed by atoms with Gasteiger partial charge in [0.1, 0.15) is 0 Å². The van der Waals surface area contributed by atoms with Gasteiger partial charge in [-0.25, -0.2) is 12.7 Å². The fourth-order valence-electron chi connectivity index (χ4n) is 1.11. The van der Waals surface area contributed by atoms with Gasteiger partial charge < -0.3 is 5.32 Å². The predicted molar refractivity (Wildman–Crippen MR) is 59.9 cm³/mol. The monoisotopic (exact) mass is 222 g/mol. The van der Waals surface area contributed by atoms with Gasteiger partial charge in [-0.2, -0.15) is 0 Å². The molecule has 0 amide bonds. The molecule has 0 saturated heterocycles. The summed E-state index contributed by atoms with van der Waals surface area (Å²) in [5.41, 5.74) is 0. The molecule has 14 heavy (non-hydrogen) atoms. The fourth-order valence-corrected chi connectivity index (χ4v) is 2.29. The summed E-state index contributed by atoms with van der Waals surface area (Å²) >= 11 is 0. The van der Waals surface area contributed by atoms with E-state index in [0.29, 0.717) is 13.1 Å². The van der Waals surface area contributed by atoms with Crippen LogP contribution in [0.2, 0.25) is 0 Å². The van der Waals surface area contributed by atoms with Crippen molar-refractivity contribution >= 4 is 10.0 Å². The van der Waals surface area contributed by atoms with Crippen LogP contribution in [0.5, 0.6) is 0 Å². The number of nitrogens with one attached hydrogen (secondary N) is 1. The zero-order chi connectivity index (χ0) is 11.0. The largest absolute Gasteiger partial charge is 0.319 e. The van der Waals surface area contributed by atoms with E-state index in [4.69, 9.17) is 0 Å². The van der Waals surface area contributed by atoms with E-state index >= 15 is 0 Å². The van der Waals surface area contributed by atoms with E-state index in [0.717, 1.165) is 19.3 Å². The molecule has 86 valence electrons. The third-order valence-corrected chi connectivity index (χ3v) is 4.01. The Morgan fingerprint density at radius 3 is 2.43 bits per heavy atom. The summed E-state index contributed by atoms with van der Waals surface area (Å²) in [6.45, 7) is 3.26. The third kappa shape index (κ3) is 5.57. The summed E-state index contributed by atoms with van der Waals surface area (Å²) in [5.74, 6) is 0.187. The highest BCUT2D eigenvalue weighted by Gasteiger charge is 2.15. The molecule has 0 rings (SSSR count). The van der Waals surface area contributed by atoms with Crippen LogP contribution >= 0.6 is 0 Å². The van der Waals surface area contributed by atoms with Crippen LogP contribution in [-0.2, 0) is 10.0 Å². The van der Waals surface area contributed by atoms with Crippen LogP contribution in [0.25, 0.3) is 0 Å². The first-order chi connectivity index (χ1) is 6.54. The number of nitrogens with zero attached hydrogens (tertiary/aromatic N) is 1. The topological polar surface area (TPSA) is 49.4 Å². The molecule has 0 aliphatic carbocycles. The minimum atomic E-state index is -3.03. The minimum absolute atomic E-state index is 0.187. The van der Waals surface area contributed by atoms with Gasteiger partial charge in [-0.1, -0.05) is 19.8 Å². The quantitative estimate of drug-likeness (QED) is 0.614. The van der Waals surface area contributed by atoms with E-state index in [-0.39, 0.29) is 5.75 Å². The van der Waals surface area contributed by atoms with Gasteiger partial charge in [0.25, 0.3) is 0 Å². The Labute approximate surface area is 87.7 Å². The Kier molecular flexibility index (Phi) is 7.13. The molecule has 0 aromatic rings. The number of unbranched alkanes of at least 4 members (excludes halogenated alkanes) is 2. The zero-order valence-electron chi connectivity index (χ0n) is 9.41. The normalized spacial score (nSPS) is 12.3. The number of hydrogen-bond donors (Lipinski definition) is 1. The fraction of sp³-hybridized carbons (Fsp3) is 1.00. The molecule has 0 heterocycles. The highest BCUT2D eigenvalue weighted by molar-refractivity contribution is 7.89. The Bertz CT molecular complexity index is 227. The second-order valence-corrected chi connectivity index (χ2v) is 5.64. The highest BCUT2D eigenvalue weighted by atomic mass is 32.2. The molecular formula is C9H22N2O2S. The molecule has 1 N–H and O–H groups in total. The minimum Gasteiger partial charge on any atom is -0.319 e. The molecule has 0 bridgehead atoms. The molecular weight excluding hydrogens is 200 g/mol. The molecule has 0 aliphatic rings. The van der Waals surface area contributed by atoms with Gasteiger partial charge >= 0.3 is 0 Å².